The summed E-state index contributed by atoms with van der Waals surface area (Å²) in [5.74, 6) is -2.15. The van der Waals surface area contributed by atoms with Crippen LogP contribution in [0.15, 0.2) is 18.2 Å². The molecule has 0 unspecified atom stereocenters. The molecule has 0 radical (unpaired) electrons. The van der Waals surface area contributed by atoms with E-state index in [2.05, 4.69) is 0 Å². The molecule has 2 fully saturated rings. The Morgan fingerprint density at radius 2 is 1.94 bits per heavy atom. The minimum atomic E-state index is -2.67. The van der Waals surface area contributed by atoms with E-state index in [1.54, 1.807) is 6.07 Å². The second-order valence-electron chi connectivity index (χ2n) is 10.7. The smallest absolute Gasteiger partial charge is 0.423 e. The van der Waals surface area contributed by atoms with Crippen LogP contribution in [-0.2, 0) is 11.2 Å². The summed E-state index contributed by atoms with van der Waals surface area (Å²) in [4.78, 5) is 14.3. The van der Waals surface area contributed by atoms with Crippen LogP contribution >= 0.6 is 0 Å². The van der Waals surface area contributed by atoms with Crippen LogP contribution in [0, 0.1) is 23.2 Å². The van der Waals surface area contributed by atoms with Crippen molar-refractivity contribution in [2.75, 3.05) is 13.1 Å². The topological polar surface area (TPSA) is 60.8 Å². The van der Waals surface area contributed by atoms with Crippen LogP contribution in [0.1, 0.15) is 82.8 Å². The van der Waals surface area contributed by atoms with Crippen LogP contribution in [0.2, 0.25) is 0 Å². The van der Waals surface area contributed by atoms with Gasteiger partial charge in [-0.1, -0.05) is 25.1 Å². The van der Waals surface area contributed by atoms with Crippen molar-refractivity contribution < 1.29 is 23.6 Å². The number of hydrogen-bond acceptors (Lipinski definition) is 3. The van der Waals surface area contributed by atoms with E-state index in [9.17, 15) is 14.8 Å². The molecule has 0 aliphatic heterocycles. The van der Waals surface area contributed by atoms with Gasteiger partial charge in [0, 0.05) is 31.3 Å². The van der Waals surface area contributed by atoms with Crippen LogP contribution in [0.4, 0.5) is 8.78 Å². The molecule has 1 amide bonds. The molecule has 182 valence electrons. The van der Waals surface area contributed by atoms with Gasteiger partial charge >= 0.3 is 7.12 Å². The summed E-state index contributed by atoms with van der Waals surface area (Å²) in [6, 6.07) is 5.64. The van der Waals surface area contributed by atoms with Gasteiger partial charge in [0.15, 0.2) is 0 Å². The van der Waals surface area contributed by atoms with E-state index in [1.165, 1.54) is 5.56 Å². The van der Waals surface area contributed by atoms with E-state index in [4.69, 9.17) is 0 Å². The van der Waals surface area contributed by atoms with E-state index in [0.29, 0.717) is 44.2 Å². The molecule has 0 spiro atoms. The van der Waals surface area contributed by atoms with Crippen molar-refractivity contribution in [2.45, 2.75) is 84.0 Å². The molecule has 7 heteroatoms. The van der Waals surface area contributed by atoms with Crippen LogP contribution in [0.3, 0.4) is 0 Å². The third-order valence-corrected chi connectivity index (χ3v) is 9.24. The Labute approximate surface area is 196 Å². The predicted molar refractivity (Wildman–Crippen MR) is 126 cm³/mol. The number of hydrogen-bond donors (Lipinski definition) is 2. The highest BCUT2D eigenvalue weighted by Gasteiger charge is 2.67. The Morgan fingerprint density at radius 1 is 1.21 bits per heavy atom. The molecule has 3 aliphatic rings. The van der Waals surface area contributed by atoms with Gasteiger partial charge < -0.3 is 14.9 Å². The lowest BCUT2D eigenvalue weighted by Gasteiger charge is -2.51. The maximum atomic E-state index is 15.4. The fourth-order valence-corrected chi connectivity index (χ4v) is 7.53. The van der Waals surface area contributed by atoms with Gasteiger partial charge in [-0.3, -0.25) is 4.79 Å². The number of halogens is 2. The zero-order valence-corrected chi connectivity index (χ0v) is 20.2. The monoisotopic (exact) mass is 461 g/mol. The molecule has 5 atom stereocenters. The Bertz CT molecular complexity index is 875. The highest BCUT2D eigenvalue weighted by Crippen LogP contribution is 2.68. The first-order valence-electron chi connectivity index (χ1n) is 12.8. The van der Waals surface area contributed by atoms with Crippen molar-refractivity contribution in [2.24, 2.45) is 23.2 Å². The molecule has 4 rings (SSSR count). The molecular formula is C26H38BF2NO3. The van der Waals surface area contributed by atoms with Crippen molar-refractivity contribution >= 4 is 18.5 Å². The average Bonchev–Trinajstić information content (AvgIpc) is 2.99. The lowest BCUT2D eigenvalue weighted by Crippen LogP contribution is -2.47. The third-order valence-electron chi connectivity index (χ3n) is 9.24. The van der Waals surface area contributed by atoms with Gasteiger partial charge in [0.05, 0.1) is 0 Å². The van der Waals surface area contributed by atoms with Crippen LogP contribution in [0.5, 0.6) is 0 Å². The standard InChI is InChI=1S/C26H38BF2NO3/c1-4-30(5-2)23(31)8-6-7-18-16-26(28,29)25(3)14-13-21-20-12-10-19(27(32)33)15-17(20)9-11-22(21)24(18)25/h10,12,15,18,21-22,24,32-33H,4-9,11,13-14,16H2,1-3H3/t18-,21+,22+,24-,25-/m0/s1. The summed E-state index contributed by atoms with van der Waals surface area (Å²) < 4.78 is 30.8. The number of fused-ring (bicyclic) bond motifs is 5. The normalized spacial score (nSPS) is 32.0. The van der Waals surface area contributed by atoms with Crippen molar-refractivity contribution in [1.82, 2.24) is 4.90 Å². The maximum absolute atomic E-state index is 15.4. The molecule has 0 aromatic heterocycles. The number of benzene rings is 1. The largest absolute Gasteiger partial charge is 0.488 e. The van der Waals surface area contributed by atoms with E-state index < -0.39 is 18.5 Å². The number of aryl methyl sites for hydroxylation is 1. The van der Waals surface area contributed by atoms with Crippen molar-refractivity contribution in [1.29, 1.82) is 0 Å². The first-order valence-corrected chi connectivity index (χ1v) is 12.8. The van der Waals surface area contributed by atoms with E-state index in [-0.39, 0.29) is 36.0 Å². The zero-order valence-electron chi connectivity index (χ0n) is 20.2. The average molecular weight is 461 g/mol. The minimum Gasteiger partial charge on any atom is -0.423 e. The number of carbonyl (C=O) groups is 1. The molecule has 1 aromatic rings. The third kappa shape index (κ3) is 4.24. The summed E-state index contributed by atoms with van der Waals surface area (Å²) in [6.07, 6.45) is 4.69. The quantitative estimate of drug-likeness (QED) is 0.601. The summed E-state index contributed by atoms with van der Waals surface area (Å²) in [5, 5.41) is 19.1. The fourth-order valence-electron chi connectivity index (χ4n) is 7.53. The Kier molecular flexibility index (Phi) is 6.94. The molecular weight excluding hydrogens is 423 g/mol. The van der Waals surface area contributed by atoms with Crippen LogP contribution in [0.25, 0.3) is 0 Å². The number of rotatable bonds is 7. The molecule has 2 N–H and O–H groups in total. The van der Waals surface area contributed by atoms with Gasteiger partial charge in [0.2, 0.25) is 5.91 Å². The summed E-state index contributed by atoms with van der Waals surface area (Å²) in [6.45, 7) is 7.14. The van der Waals surface area contributed by atoms with Gasteiger partial charge in [-0.25, -0.2) is 8.78 Å². The van der Waals surface area contributed by atoms with Crippen LogP contribution in [-0.4, -0.2) is 47.0 Å². The van der Waals surface area contributed by atoms with Crippen molar-refractivity contribution in [3.8, 4) is 0 Å². The van der Waals surface area contributed by atoms with Gasteiger partial charge in [-0.05, 0) is 92.6 Å². The first kappa shape index (κ1) is 24.7. The van der Waals surface area contributed by atoms with E-state index in [1.807, 2.05) is 37.8 Å². The van der Waals surface area contributed by atoms with Gasteiger partial charge in [0.25, 0.3) is 5.92 Å². The highest BCUT2D eigenvalue weighted by molar-refractivity contribution is 6.58. The first-order chi connectivity index (χ1) is 15.6. The molecule has 0 bridgehead atoms. The SMILES string of the molecule is CCN(CC)C(=O)CCC[C@H]1CC(F)(F)[C@@]2(C)CC[C@@H]3c4ccc(B(O)O)cc4CC[C@H]3[C@H]12. The number of nitrogens with zero attached hydrogens (tertiary/aromatic N) is 1. The predicted octanol–water partition coefficient (Wildman–Crippen LogP) is 4.12. The van der Waals surface area contributed by atoms with Gasteiger partial charge in [0.1, 0.15) is 0 Å². The van der Waals surface area contributed by atoms with E-state index >= 15 is 8.78 Å². The molecule has 4 nitrogen and oxygen atoms in total. The number of carbonyl (C=O) groups excluding carboxylic acids is 1. The second kappa shape index (κ2) is 9.29. The molecule has 0 saturated heterocycles. The summed E-state index contributed by atoms with van der Waals surface area (Å²) >= 11 is 0. The Hall–Kier alpha value is -1.47. The minimum absolute atomic E-state index is 0.0361. The molecule has 2 saturated carbocycles. The Balaban J connectivity index is 1.54. The summed E-state index contributed by atoms with van der Waals surface area (Å²) in [7, 11) is -1.49. The number of amides is 1. The maximum Gasteiger partial charge on any atom is 0.488 e. The number of alkyl halides is 2. The highest BCUT2D eigenvalue weighted by atomic mass is 19.3. The lowest BCUT2D eigenvalue weighted by atomic mass is 9.53. The Morgan fingerprint density at radius 3 is 2.61 bits per heavy atom. The van der Waals surface area contributed by atoms with Gasteiger partial charge in [-0.2, -0.15) is 0 Å². The molecule has 3 aliphatic carbocycles. The van der Waals surface area contributed by atoms with Crippen LogP contribution < -0.4 is 5.46 Å². The summed E-state index contributed by atoms with van der Waals surface area (Å²) in [5.41, 5.74) is 1.87. The van der Waals surface area contributed by atoms with E-state index in [0.717, 1.165) is 24.8 Å². The van der Waals surface area contributed by atoms with Crippen molar-refractivity contribution in [3.05, 3.63) is 29.3 Å². The molecule has 33 heavy (non-hydrogen) atoms. The second-order valence-corrected chi connectivity index (χ2v) is 10.7. The van der Waals surface area contributed by atoms with Gasteiger partial charge in [-0.15, -0.1) is 0 Å². The zero-order chi connectivity index (χ0) is 24.0. The fraction of sp³-hybridized carbons (Fsp3) is 0.731. The van der Waals surface area contributed by atoms with Crippen molar-refractivity contribution in [3.63, 3.8) is 0 Å². The molecule has 0 heterocycles. The lowest BCUT2D eigenvalue weighted by molar-refractivity contribution is -0.133. The molecule has 1 aromatic carbocycles.